The third-order valence-corrected chi connectivity index (χ3v) is 5.43. The number of thioether (sulfide) groups is 1. The minimum atomic E-state index is 0.498. The molecule has 0 N–H and O–H groups in total. The molecule has 0 amide bonds. The van der Waals surface area contributed by atoms with Crippen molar-refractivity contribution in [1.82, 2.24) is 4.90 Å². The van der Waals surface area contributed by atoms with Gasteiger partial charge in [0.25, 0.3) is 0 Å². The second-order valence-corrected chi connectivity index (χ2v) is 6.50. The molecule has 0 unspecified atom stereocenters. The van der Waals surface area contributed by atoms with Crippen LogP contribution < -0.4 is 0 Å². The van der Waals surface area contributed by atoms with Gasteiger partial charge in [0.1, 0.15) is 0 Å². The summed E-state index contributed by atoms with van der Waals surface area (Å²) in [5, 5.41) is 0. The van der Waals surface area contributed by atoms with Crippen LogP contribution >= 0.6 is 11.8 Å². The lowest BCUT2D eigenvalue weighted by atomic mass is 9.80. The van der Waals surface area contributed by atoms with Gasteiger partial charge in [0.15, 0.2) is 0 Å². The van der Waals surface area contributed by atoms with E-state index in [2.05, 4.69) is 36.8 Å². The Morgan fingerprint density at radius 2 is 1.92 bits per heavy atom. The minimum Gasteiger partial charge on any atom is -0.297 e. The first kappa shape index (κ1) is 9.85. The lowest BCUT2D eigenvalue weighted by Gasteiger charge is -2.54. The quantitative estimate of drug-likeness (QED) is 0.687. The maximum Gasteiger partial charge on any atom is 0.0284 e. The van der Waals surface area contributed by atoms with Crippen molar-refractivity contribution >= 4 is 11.8 Å². The Morgan fingerprint density at radius 1 is 1.23 bits per heavy atom. The first-order valence-corrected chi connectivity index (χ1v) is 6.61. The van der Waals surface area contributed by atoms with Crippen molar-refractivity contribution in [2.24, 2.45) is 0 Å². The monoisotopic (exact) mass is 199 g/mol. The van der Waals surface area contributed by atoms with Crippen molar-refractivity contribution < 1.29 is 0 Å². The molecule has 0 radical (unpaired) electrons. The molecule has 13 heavy (non-hydrogen) atoms. The first-order chi connectivity index (χ1) is 6.08. The number of rotatable bonds is 3. The topological polar surface area (TPSA) is 3.24 Å². The maximum atomic E-state index is 2.67. The Morgan fingerprint density at radius 3 is 2.15 bits per heavy atom. The van der Waals surface area contributed by atoms with Crippen LogP contribution in [0.25, 0.3) is 0 Å². The maximum absolute atomic E-state index is 2.67. The zero-order chi connectivity index (χ0) is 9.53. The molecule has 2 rings (SSSR count). The van der Waals surface area contributed by atoms with E-state index in [1.54, 1.807) is 0 Å². The van der Waals surface area contributed by atoms with Crippen LogP contribution in [-0.4, -0.2) is 34.5 Å². The minimum absolute atomic E-state index is 0.498. The zero-order valence-electron chi connectivity index (χ0n) is 9.10. The van der Waals surface area contributed by atoms with Crippen molar-refractivity contribution in [1.29, 1.82) is 0 Å². The van der Waals surface area contributed by atoms with Crippen LogP contribution in [0.2, 0.25) is 0 Å². The van der Waals surface area contributed by atoms with Crippen molar-refractivity contribution in [3.63, 3.8) is 0 Å². The Bertz CT molecular complexity index is 191. The SMILES string of the molecule is CSC1(CN2CCC2(C)C)CCC1. The molecule has 2 aliphatic rings. The standard InChI is InChI=1S/C11H21NS/c1-10(2)7-8-12(10)9-11(13-3)5-4-6-11/h4-9H2,1-3H3. The van der Waals surface area contributed by atoms with Crippen LogP contribution in [0.3, 0.4) is 0 Å². The molecule has 1 saturated heterocycles. The third kappa shape index (κ3) is 1.63. The smallest absolute Gasteiger partial charge is 0.0284 e. The molecule has 0 aromatic carbocycles. The lowest BCUT2D eigenvalue weighted by molar-refractivity contribution is -0.00144. The summed E-state index contributed by atoms with van der Waals surface area (Å²) in [5.74, 6) is 0. The highest BCUT2D eigenvalue weighted by Gasteiger charge is 2.44. The van der Waals surface area contributed by atoms with Gasteiger partial charge < -0.3 is 0 Å². The summed E-state index contributed by atoms with van der Waals surface area (Å²) < 4.78 is 0.637. The van der Waals surface area contributed by atoms with Crippen LogP contribution in [0.1, 0.15) is 39.5 Å². The van der Waals surface area contributed by atoms with E-state index in [4.69, 9.17) is 0 Å². The fraction of sp³-hybridized carbons (Fsp3) is 1.00. The Hall–Kier alpha value is 0.310. The van der Waals surface area contributed by atoms with E-state index in [1.165, 1.54) is 38.8 Å². The molecule has 0 atom stereocenters. The molecular formula is C11H21NS. The molecule has 2 fully saturated rings. The van der Waals surface area contributed by atoms with E-state index in [9.17, 15) is 0 Å². The average molecular weight is 199 g/mol. The molecular weight excluding hydrogens is 178 g/mol. The second-order valence-electron chi connectivity index (χ2n) is 5.22. The first-order valence-electron chi connectivity index (χ1n) is 5.38. The highest BCUT2D eigenvalue weighted by Crippen LogP contribution is 2.45. The van der Waals surface area contributed by atoms with Crippen molar-refractivity contribution in [3.8, 4) is 0 Å². The average Bonchev–Trinajstić information content (AvgIpc) is 2.02. The number of likely N-dealkylation sites (tertiary alicyclic amines) is 1. The number of hydrogen-bond donors (Lipinski definition) is 0. The van der Waals surface area contributed by atoms with Crippen LogP contribution in [0.4, 0.5) is 0 Å². The van der Waals surface area contributed by atoms with Gasteiger partial charge >= 0.3 is 0 Å². The van der Waals surface area contributed by atoms with E-state index in [1.807, 2.05) is 0 Å². The normalized spacial score (nSPS) is 30.7. The van der Waals surface area contributed by atoms with Crippen LogP contribution in [0.15, 0.2) is 0 Å². The molecule has 1 aliphatic carbocycles. The van der Waals surface area contributed by atoms with Crippen molar-refractivity contribution in [2.45, 2.75) is 49.8 Å². The fourth-order valence-corrected chi connectivity index (χ4v) is 3.34. The van der Waals surface area contributed by atoms with Crippen LogP contribution in [0.5, 0.6) is 0 Å². The molecule has 1 saturated carbocycles. The predicted octanol–water partition coefficient (Wildman–Crippen LogP) is 2.76. The zero-order valence-corrected chi connectivity index (χ0v) is 9.91. The van der Waals surface area contributed by atoms with Crippen LogP contribution in [0, 0.1) is 0 Å². The summed E-state index contributed by atoms with van der Waals surface area (Å²) in [5.41, 5.74) is 0.498. The highest BCUT2D eigenvalue weighted by molar-refractivity contribution is 8.00. The van der Waals surface area contributed by atoms with Gasteiger partial charge in [-0.3, -0.25) is 4.90 Å². The Kier molecular flexibility index (Phi) is 2.40. The molecule has 0 spiro atoms. The third-order valence-electron chi connectivity index (χ3n) is 4.03. The second kappa shape index (κ2) is 3.16. The van der Waals surface area contributed by atoms with E-state index in [0.717, 1.165) is 0 Å². The van der Waals surface area contributed by atoms with Crippen molar-refractivity contribution in [2.75, 3.05) is 19.3 Å². The molecule has 1 nitrogen and oxygen atoms in total. The number of nitrogens with zero attached hydrogens (tertiary/aromatic N) is 1. The molecule has 0 aromatic rings. The van der Waals surface area contributed by atoms with E-state index in [0.29, 0.717) is 10.3 Å². The molecule has 76 valence electrons. The lowest BCUT2D eigenvalue weighted by Crippen LogP contribution is -2.61. The molecule has 1 aliphatic heterocycles. The highest BCUT2D eigenvalue weighted by atomic mass is 32.2. The van der Waals surface area contributed by atoms with E-state index >= 15 is 0 Å². The van der Waals surface area contributed by atoms with E-state index < -0.39 is 0 Å². The summed E-state index contributed by atoms with van der Waals surface area (Å²) in [4.78, 5) is 2.67. The Balaban J connectivity index is 1.90. The summed E-state index contributed by atoms with van der Waals surface area (Å²) in [6.45, 7) is 7.42. The van der Waals surface area contributed by atoms with Gasteiger partial charge in [0, 0.05) is 23.4 Å². The van der Waals surface area contributed by atoms with Gasteiger partial charge in [0.05, 0.1) is 0 Å². The largest absolute Gasteiger partial charge is 0.297 e. The number of hydrogen-bond acceptors (Lipinski definition) is 2. The van der Waals surface area contributed by atoms with Gasteiger partial charge in [0.2, 0.25) is 0 Å². The molecule has 0 bridgehead atoms. The van der Waals surface area contributed by atoms with Gasteiger partial charge in [-0.15, -0.1) is 0 Å². The summed E-state index contributed by atoms with van der Waals surface area (Å²) in [7, 11) is 0. The van der Waals surface area contributed by atoms with Crippen LogP contribution in [-0.2, 0) is 0 Å². The molecule has 2 heteroatoms. The Labute approximate surface area is 86.3 Å². The van der Waals surface area contributed by atoms with Crippen molar-refractivity contribution in [3.05, 3.63) is 0 Å². The van der Waals surface area contributed by atoms with Gasteiger partial charge in [-0.1, -0.05) is 6.42 Å². The summed E-state index contributed by atoms with van der Waals surface area (Å²) in [6.07, 6.45) is 8.01. The van der Waals surface area contributed by atoms with Gasteiger partial charge in [-0.2, -0.15) is 11.8 Å². The molecule has 1 heterocycles. The summed E-state index contributed by atoms with van der Waals surface area (Å²) in [6, 6.07) is 0. The van der Waals surface area contributed by atoms with Gasteiger partial charge in [-0.25, -0.2) is 0 Å². The van der Waals surface area contributed by atoms with Gasteiger partial charge in [-0.05, 0) is 39.4 Å². The fourth-order valence-electron chi connectivity index (χ4n) is 2.36. The predicted molar refractivity (Wildman–Crippen MR) is 60.4 cm³/mol. The summed E-state index contributed by atoms with van der Waals surface area (Å²) >= 11 is 2.10. The van der Waals surface area contributed by atoms with E-state index in [-0.39, 0.29) is 0 Å². The molecule has 0 aromatic heterocycles.